The molecule has 0 aliphatic carbocycles. The van der Waals surface area contributed by atoms with Crippen LogP contribution in [0.3, 0.4) is 0 Å². The van der Waals surface area contributed by atoms with Crippen molar-refractivity contribution in [1.29, 1.82) is 0 Å². The SMILES string of the molecule is COc1ccccc1-n1cccc1[C@@H]1[C@H](c2ccccn2)NC(=S)N1C(C)C. The summed E-state index contributed by atoms with van der Waals surface area (Å²) in [7, 11) is 1.70. The maximum absolute atomic E-state index is 5.71. The largest absolute Gasteiger partial charge is 0.495 e. The molecular formula is C22H24N4OS. The molecule has 1 aliphatic heterocycles. The molecule has 0 amide bonds. The zero-order chi connectivity index (χ0) is 19.7. The number of nitrogens with one attached hydrogen (secondary N) is 1. The second kappa shape index (κ2) is 7.64. The first-order valence-electron chi connectivity index (χ1n) is 9.42. The number of nitrogens with zero attached hydrogens (tertiary/aromatic N) is 3. The molecule has 2 atom stereocenters. The number of rotatable bonds is 5. The third kappa shape index (κ3) is 3.14. The van der Waals surface area contributed by atoms with Crippen LogP contribution in [-0.2, 0) is 0 Å². The molecule has 1 fully saturated rings. The number of hydrogen-bond donors (Lipinski definition) is 1. The van der Waals surface area contributed by atoms with Gasteiger partial charge in [-0.25, -0.2) is 0 Å². The first kappa shape index (κ1) is 18.5. The predicted octanol–water partition coefficient (Wildman–Crippen LogP) is 4.26. The van der Waals surface area contributed by atoms with Gasteiger partial charge in [0.2, 0.25) is 0 Å². The summed E-state index contributed by atoms with van der Waals surface area (Å²) in [5, 5.41) is 4.25. The maximum atomic E-state index is 5.71. The third-order valence-electron chi connectivity index (χ3n) is 5.12. The lowest BCUT2D eigenvalue weighted by Crippen LogP contribution is -2.36. The van der Waals surface area contributed by atoms with Gasteiger partial charge in [-0.05, 0) is 62.5 Å². The van der Waals surface area contributed by atoms with Gasteiger partial charge in [0.1, 0.15) is 5.75 Å². The summed E-state index contributed by atoms with van der Waals surface area (Å²) in [6.45, 7) is 4.33. The summed E-state index contributed by atoms with van der Waals surface area (Å²) < 4.78 is 7.79. The van der Waals surface area contributed by atoms with Crippen LogP contribution in [0.25, 0.3) is 5.69 Å². The fourth-order valence-electron chi connectivity index (χ4n) is 3.92. The normalized spacial score (nSPS) is 19.1. The Labute approximate surface area is 171 Å². The third-order valence-corrected chi connectivity index (χ3v) is 5.45. The van der Waals surface area contributed by atoms with E-state index < -0.39 is 0 Å². The van der Waals surface area contributed by atoms with E-state index in [1.807, 2.05) is 42.6 Å². The molecule has 0 radical (unpaired) electrons. The van der Waals surface area contributed by atoms with Crippen molar-refractivity contribution in [3.63, 3.8) is 0 Å². The molecule has 0 spiro atoms. The highest BCUT2D eigenvalue weighted by atomic mass is 32.1. The number of hydrogen-bond acceptors (Lipinski definition) is 3. The monoisotopic (exact) mass is 392 g/mol. The van der Waals surface area contributed by atoms with Crippen LogP contribution in [0, 0.1) is 0 Å². The van der Waals surface area contributed by atoms with E-state index in [9.17, 15) is 0 Å². The van der Waals surface area contributed by atoms with Gasteiger partial charge in [0, 0.05) is 24.1 Å². The number of para-hydroxylation sites is 2. The molecule has 28 heavy (non-hydrogen) atoms. The average Bonchev–Trinajstić information content (AvgIpc) is 3.32. The molecule has 6 heteroatoms. The summed E-state index contributed by atoms with van der Waals surface area (Å²) in [6.07, 6.45) is 3.90. The molecule has 144 valence electrons. The van der Waals surface area contributed by atoms with Crippen LogP contribution in [0.5, 0.6) is 5.75 Å². The van der Waals surface area contributed by atoms with E-state index >= 15 is 0 Å². The smallest absolute Gasteiger partial charge is 0.170 e. The summed E-state index contributed by atoms with van der Waals surface area (Å²) in [5.41, 5.74) is 3.12. The minimum Gasteiger partial charge on any atom is -0.495 e. The number of thiocarbonyl (C=S) groups is 1. The zero-order valence-electron chi connectivity index (χ0n) is 16.2. The highest BCUT2D eigenvalue weighted by Crippen LogP contribution is 2.41. The minimum absolute atomic E-state index is 0.0160. The summed E-state index contributed by atoms with van der Waals surface area (Å²) in [5.74, 6) is 0.832. The van der Waals surface area contributed by atoms with Gasteiger partial charge in [-0.3, -0.25) is 4.98 Å². The Bertz CT molecular complexity index is 969. The lowest BCUT2D eigenvalue weighted by molar-refractivity contribution is 0.262. The van der Waals surface area contributed by atoms with Gasteiger partial charge in [-0.2, -0.15) is 0 Å². The van der Waals surface area contributed by atoms with E-state index in [-0.39, 0.29) is 18.1 Å². The average molecular weight is 393 g/mol. The molecule has 0 bridgehead atoms. The van der Waals surface area contributed by atoms with Crippen LogP contribution in [0.15, 0.2) is 67.0 Å². The second-order valence-electron chi connectivity index (χ2n) is 7.10. The lowest BCUT2D eigenvalue weighted by atomic mass is 10.0. The zero-order valence-corrected chi connectivity index (χ0v) is 17.1. The molecule has 1 aliphatic rings. The Morgan fingerprint density at radius 1 is 1.07 bits per heavy atom. The molecule has 1 aromatic carbocycles. The molecular weight excluding hydrogens is 368 g/mol. The minimum atomic E-state index is -0.0283. The van der Waals surface area contributed by atoms with Crippen molar-refractivity contribution < 1.29 is 4.74 Å². The van der Waals surface area contributed by atoms with Gasteiger partial charge in [0.15, 0.2) is 5.11 Å². The standard InChI is InChI=1S/C22H24N4OS/c1-15(2)26-21(20(24-22(26)28)16-9-6-7-13-23-16)18-11-8-14-25(18)17-10-4-5-12-19(17)27-3/h4-15,20-21H,1-3H3,(H,24,28)/t20-,21+/m0/s1. The molecule has 4 rings (SSSR count). The molecule has 2 aromatic heterocycles. The molecule has 5 nitrogen and oxygen atoms in total. The first-order chi connectivity index (χ1) is 13.6. The van der Waals surface area contributed by atoms with Crippen molar-refractivity contribution >= 4 is 17.3 Å². The highest BCUT2D eigenvalue weighted by Gasteiger charge is 2.42. The van der Waals surface area contributed by atoms with E-state index in [4.69, 9.17) is 17.0 Å². The summed E-state index contributed by atoms with van der Waals surface area (Å²) in [6, 6.07) is 18.5. The van der Waals surface area contributed by atoms with Crippen molar-refractivity contribution in [1.82, 2.24) is 19.8 Å². The Morgan fingerprint density at radius 2 is 1.86 bits per heavy atom. The second-order valence-corrected chi connectivity index (χ2v) is 7.49. The lowest BCUT2D eigenvalue weighted by Gasteiger charge is -2.32. The molecule has 3 aromatic rings. The van der Waals surface area contributed by atoms with E-state index in [0.717, 1.165) is 27.9 Å². The molecule has 0 unspecified atom stereocenters. The van der Waals surface area contributed by atoms with E-state index in [1.165, 1.54) is 0 Å². The molecule has 3 heterocycles. The van der Waals surface area contributed by atoms with Crippen molar-refractivity contribution in [2.24, 2.45) is 0 Å². The van der Waals surface area contributed by atoms with Crippen LogP contribution in [0.1, 0.15) is 37.3 Å². The van der Waals surface area contributed by atoms with Crippen molar-refractivity contribution in [2.75, 3.05) is 7.11 Å². The van der Waals surface area contributed by atoms with Gasteiger partial charge in [-0.15, -0.1) is 0 Å². The number of benzene rings is 1. The van der Waals surface area contributed by atoms with Gasteiger partial charge in [0.05, 0.1) is 30.6 Å². The van der Waals surface area contributed by atoms with Crippen LogP contribution >= 0.6 is 12.2 Å². The van der Waals surface area contributed by atoms with Crippen LogP contribution in [0.2, 0.25) is 0 Å². The van der Waals surface area contributed by atoms with Crippen LogP contribution in [-0.4, -0.2) is 32.7 Å². The summed E-state index contributed by atoms with van der Waals surface area (Å²) in [4.78, 5) is 6.86. The Hall–Kier alpha value is -2.86. The molecule has 1 N–H and O–H groups in total. The quantitative estimate of drug-likeness (QED) is 0.657. The van der Waals surface area contributed by atoms with Gasteiger partial charge in [0.25, 0.3) is 0 Å². The Balaban J connectivity index is 1.86. The van der Waals surface area contributed by atoms with Gasteiger partial charge < -0.3 is 19.5 Å². The summed E-state index contributed by atoms with van der Waals surface area (Å²) >= 11 is 5.71. The topological polar surface area (TPSA) is 42.3 Å². The van der Waals surface area contributed by atoms with E-state index in [2.05, 4.69) is 58.0 Å². The van der Waals surface area contributed by atoms with E-state index in [0.29, 0.717) is 0 Å². The number of ether oxygens (including phenoxy) is 1. The number of pyridine rings is 1. The highest BCUT2D eigenvalue weighted by molar-refractivity contribution is 7.80. The van der Waals surface area contributed by atoms with Crippen LogP contribution < -0.4 is 10.1 Å². The number of aromatic nitrogens is 2. The van der Waals surface area contributed by atoms with Gasteiger partial charge >= 0.3 is 0 Å². The molecule has 0 saturated carbocycles. The van der Waals surface area contributed by atoms with Crippen molar-refractivity contribution in [3.05, 3.63) is 78.4 Å². The maximum Gasteiger partial charge on any atom is 0.170 e. The fraction of sp³-hybridized carbons (Fsp3) is 0.273. The Morgan fingerprint density at radius 3 is 2.57 bits per heavy atom. The Kier molecular flexibility index (Phi) is 5.05. The molecule has 1 saturated heterocycles. The predicted molar refractivity (Wildman–Crippen MR) is 115 cm³/mol. The number of methoxy groups -OCH3 is 1. The van der Waals surface area contributed by atoms with E-state index in [1.54, 1.807) is 7.11 Å². The van der Waals surface area contributed by atoms with Gasteiger partial charge in [-0.1, -0.05) is 18.2 Å². The fourth-order valence-corrected chi connectivity index (χ4v) is 4.37. The van der Waals surface area contributed by atoms with Crippen LogP contribution in [0.4, 0.5) is 0 Å². The first-order valence-corrected chi connectivity index (χ1v) is 9.83. The van der Waals surface area contributed by atoms with Crippen molar-refractivity contribution in [2.45, 2.75) is 32.0 Å². The van der Waals surface area contributed by atoms with Crippen molar-refractivity contribution in [3.8, 4) is 11.4 Å².